The highest BCUT2D eigenvalue weighted by molar-refractivity contribution is 7.11. The quantitative estimate of drug-likeness (QED) is 0.616. The largest absolute Gasteiger partial charge is 0.493 e. The van der Waals surface area contributed by atoms with Crippen LogP contribution in [-0.4, -0.2) is 19.2 Å². The summed E-state index contributed by atoms with van der Waals surface area (Å²) >= 11 is 1.45. The van der Waals surface area contributed by atoms with Gasteiger partial charge in [0.2, 0.25) is 0 Å². The van der Waals surface area contributed by atoms with E-state index in [1.165, 1.54) is 11.3 Å². The lowest BCUT2D eigenvalue weighted by Gasteiger charge is -2.10. The van der Waals surface area contributed by atoms with Gasteiger partial charge in [-0.3, -0.25) is 0 Å². The lowest BCUT2D eigenvalue weighted by atomic mass is 10.1. The summed E-state index contributed by atoms with van der Waals surface area (Å²) in [6.45, 7) is 0. The highest BCUT2D eigenvalue weighted by Gasteiger charge is 2.12. The zero-order valence-corrected chi connectivity index (χ0v) is 14.7. The van der Waals surface area contributed by atoms with E-state index in [2.05, 4.69) is 11.1 Å². The summed E-state index contributed by atoms with van der Waals surface area (Å²) in [6, 6.07) is 17.7. The third kappa shape index (κ3) is 3.54. The summed E-state index contributed by atoms with van der Waals surface area (Å²) in [5.74, 6) is 1.22. The highest BCUT2D eigenvalue weighted by atomic mass is 32.1. The number of benzene rings is 2. The van der Waals surface area contributed by atoms with Crippen molar-refractivity contribution in [1.29, 1.82) is 5.26 Å². The number of methoxy groups -OCH3 is 2. The van der Waals surface area contributed by atoms with Gasteiger partial charge in [0.05, 0.1) is 25.5 Å². The van der Waals surface area contributed by atoms with Crippen LogP contribution in [0.2, 0.25) is 0 Å². The van der Waals surface area contributed by atoms with Crippen LogP contribution in [0.4, 0.5) is 0 Å². The molecular formula is C20H16N2O2S. The molecule has 0 saturated heterocycles. The molecule has 2 aromatic carbocycles. The molecule has 0 radical (unpaired) electrons. The zero-order valence-electron chi connectivity index (χ0n) is 13.9. The monoisotopic (exact) mass is 348 g/mol. The number of nitrogens with zero attached hydrogens (tertiary/aromatic N) is 2. The zero-order chi connectivity index (χ0) is 17.6. The Balaban J connectivity index is 2.01. The minimum Gasteiger partial charge on any atom is -0.493 e. The van der Waals surface area contributed by atoms with Crippen LogP contribution in [0.15, 0.2) is 53.9 Å². The molecule has 4 nitrogen and oxygen atoms in total. The minimum absolute atomic E-state index is 0.485. The second-order valence-corrected chi connectivity index (χ2v) is 6.01. The molecule has 0 saturated carbocycles. The van der Waals surface area contributed by atoms with Crippen molar-refractivity contribution < 1.29 is 9.47 Å². The average molecular weight is 348 g/mol. The molecule has 0 fully saturated rings. The summed E-state index contributed by atoms with van der Waals surface area (Å²) in [7, 11) is 3.17. The third-order valence-corrected chi connectivity index (χ3v) is 4.53. The van der Waals surface area contributed by atoms with Crippen molar-refractivity contribution in [2.45, 2.75) is 0 Å². The molecule has 0 aliphatic carbocycles. The average Bonchev–Trinajstić information content (AvgIpc) is 3.16. The van der Waals surface area contributed by atoms with Crippen LogP contribution in [0.25, 0.3) is 22.9 Å². The Kier molecular flexibility index (Phi) is 5.12. The van der Waals surface area contributed by atoms with Gasteiger partial charge in [0.15, 0.2) is 11.5 Å². The van der Waals surface area contributed by atoms with E-state index in [9.17, 15) is 5.26 Å². The Labute approximate surface area is 150 Å². The standard InChI is InChI=1S/C20H16N2O2S/c1-23-18-10-6-9-15(19(18)24-2)11-16(12-21)20-22-17(13-25-20)14-7-4-3-5-8-14/h3-11,13H,1-2H3/b16-11+. The number of nitriles is 1. The van der Waals surface area contributed by atoms with Crippen molar-refractivity contribution in [2.75, 3.05) is 14.2 Å². The molecule has 0 atom stereocenters. The van der Waals surface area contributed by atoms with Crippen LogP contribution in [-0.2, 0) is 0 Å². The molecule has 0 N–H and O–H groups in total. The van der Waals surface area contributed by atoms with Crippen molar-refractivity contribution in [2.24, 2.45) is 0 Å². The van der Waals surface area contributed by atoms with Crippen molar-refractivity contribution in [3.05, 3.63) is 64.5 Å². The smallest absolute Gasteiger partial charge is 0.167 e. The molecule has 0 unspecified atom stereocenters. The number of thiazole rings is 1. The van der Waals surface area contributed by atoms with E-state index in [1.807, 2.05) is 53.9 Å². The molecule has 0 spiro atoms. The van der Waals surface area contributed by atoms with E-state index in [-0.39, 0.29) is 0 Å². The molecule has 124 valence electrons. The van der Waals surface area contributed by atoms with Gasteiger partial charge in [-0.2, -0.15) is 5.26 Å². The molecule has 1 aromatic heterocycles. The fraction of sp³-hybridized carbons (Fsp3) is 0.100. The molecule has 0 amide bonds. The van der Waals surface area contributed by atoms with Gasteiger partial charge in [0.1, 0.15) is 11.1 Å². The van der Waals surface area contributed by atoms with Gasteiger partial charge in [-0.25, -0.2) is 4.98 Å². The van der Waals surface area contributed by atoms with Crippen LogP contribution in [0.1, 0.15) is 10.6 Å². The Bertz CT molecular complexity index is 940. The van der Waals surface area contributed by atoms with Gasteiger partial charge >= 0.3 is 0 Å². The first-order chi connectivity index (χ1) is 12.3. The van der Waals surface area contributed by atoms with E-state index in [1.54, 1.807) is 20.3 Å². The fourth-order valence-electron chi connectivity index (χ4n) is 2.46. The van der Waals surface area contributed by atoms with Crippen LogP contribution in [0.5, 0.6) is 11.5 Å². The van der Waals surface area contributed by atoms with Gasteiger partial charge in [-0.05, 0) is 12.1 Å². The molecule has 0 aliphatic heterocycles. The van der Waals surface area contributed by atoms with E-state index in [0.29, 0.717) is 22.1 Å². The lowest BCUT2D eigenvalue weighted by Crippen LogP contribution is -1.93. The lowest BCUT2D eigenvalue weighted by molar-refractivity contribution is 0.354. The number of rotatable bonds is 5. The molecule has 1 heterocycles. The van der Waals surface area contributed by atoms with Crippen LogP contribution < -0.4 is 9.47 Å². The maximum absolute atomic E-state index is 9.59. The van der Waals surface area contributed by atoms with Gasteiger partial charge in [-0.15, -0.1) is 11.3 Å². The maximum atomic E-state index is 9.59. The summed E-state index contributed by atoms with van der Waals surface area (Å²) in [5, 5.41) is 12.2. The fourth-order valence-corrected chi connectivity index (χ4v) is 3.26. The minimum atomic E-state index is 0.485. The first-order valence-corrected chi connectivity index (χ1v) is 8.49. The van der Waals surface area contributed by atoms with E-state index in [4.69, 9.17) is 9.47 Å². The first-order valence-electron chi connectivity index (χ1n) is 7.61. The molecule has 0 aliphatic rings. The summed E-state index contributed by atoms with van der Waals surface area (Å²) < 4.78 is 10.7. The SMILES string of the molecule is COc1cccc(/C=C(\C#N)c2nc(-c3ccccc3)cs2)c1OC. The number of para-hydroxylation sites is 1. The second kappa shape index (κ2) is 7.65. The van der Waals surface area contributed by atoms with E-state index < -0.39 is 0 Å². The van der Waals surface area contributed by atoms with E-state index in [0.717, 1.165) is 16.8 Å². The highest BCUT2D eigenvalue weighted by Crippen LogP contribution is 2.34. The number of ether oxygens (including phenoxy) is 2. The van der Waals surface area contributed by atoms with Crippen molar-refractivity contribution >= 4 is 23.0 Å². The Morgan fingerprint density at radius 2 is 1.88 bits per heavy atom. The van der Waals surface area contributed by atoms with Gasteiger partial charge in [0, 0.05) is 16.5 Å². The summed E-state index contributed by atoms with van der Waals surface area (Å²) in [4.78, 5) is 4.60. The molecule has 5 heteroatoms. The second-order valence-electron chi connectivity index (χ2n) is 5.16. The predicted octanol–water partition coefficient (Wildman–Crippen LogP) is 4.89. The van der Waals surface area contributed by atoms with Gasteiger partial charge < -0.3 is 9.47 Å². The van der Waals surface area contributed by atoms with Crippen LogP contribution in [0.3, 0.4) is 0 Å². The number of hydrogen-bond acceptors (Lipinski definition) is 5. The first kappa shape index (κ1) is 16.7. The number of allylic oxidation sites excluding steroid dienone is 1. The van der Waals surface area contributed by atoms with Gasteiger partial charge in [0.25, 0.3) is 0 Å². The van der Waals surface area contributed by atoms with Gasteiger partial charge in [-0.1, -0.05) is 42.5 Å². The Morgan fingerprint density at radius 1 is 1.08 bits per heavy atom. The Hall–Kier alpha value is -3.10. The van der Waals surface area contributed by atoms with Crippen molar-refractivity contribution in [3.8, 4) is 28.8 Å². The number of hydrogen-bond donors (Lipinski definition) is 0. The van der Waals surface area contributed by atoms with Crippen LogP contribution >= 0.6 is 11.3 Å². The predicted molar refractivity (Wildman–Crippen MR) is 101 cm³/mol. The molecular weight excluding hydrogens is 332 g/mol. The molecule has 3 rings (SSSR count). The summed E-state index contributed by atoms with van der Waals surface area (Å²) in [6.07, 6.45) is 1.77. The normalized spacial score (nSPS) is 11.0. The topological polar surface area (TPSA) is 55.1 Å². The van der Waals surface area contributed by atoms with Crippen molar-refractivity contribution in [1.82, 2.24) is 4.98 Å². The molecule has 0 bridgehead atoms. The maximum Gasteiger partial charge on any atom is 0.167 e. The van der Waals surface area contributed by atoms with Crippen LogP contribution in [0, 0.1) is 11.3 Å². The van der Waals surface area contributed by atoms with E-state index >= 15 is 0 Å². The molecule has 25 heavy (non-hydrogen) atoms. The third-order valence-electron chi connectivity index (χ3n) is 3.66. The van der Waals surface area contributed by atoms with Crippen molar-refractivity contribution in [3.63, 3.8) is 0 Å². The molecule has 3 aromatic rings. The Morgan fingerprint density at radius 3 is 2.56 bits per heavy atom. The number of aromatic nitrogens is 1. The summed E-state index contributed by atoms with van der Waals surface area (Å²) in [5.41, 5.74) is 3.15.